The Bertz CT molecular complexity index is 746. The Kier molecular flexibility index (Phi) is 5.80. The topological polar surface area (TPSA) is 94.0 Å². The highest BCUT2D eigenvalue weighted by atomic mass is 35.5. The van der Waals surface area contributed by atoms with Crippen molar-refractivity contribution < 1.29 is 13.7 Å². The van der Waals surface area contributed by atoms with E-state index in [4.69, 9.17) is 10.3 Å². The molecule has 0 radical (unpaired) electrons. The van der Waals surface area contributed by atoms with Gasteiger partial charge in [0.05, 0.1) is 11.1 Å². The van der Waals surface area contributed by atoms with Gasteiger partial charge in [-0.15, -0.1) is 12.4 Å². The van der Waals surface area contributed by atoms with Gasteiger partial charge in [0, 0.05) is 0 Å². The molecule has 136 valence electrons. The number of aromatic nitrogens is 2. The Morgan fingerprint density at radius 2 is 2.04 bits per heavy atom. The molecule has 1 amide bonds. The molecule has 0 saturated heterocycles. The Morgan fingerprint density at radius 1 is 1.36 bits per heavy atom. The van der Waals surface area contributed by atoms with Gasteiger partial charge in [-0.3, -0.25) is 4.79 Å². The van der Waals surface area contributed by atoms with E-state index in [-0.39, 0.29) is 23.9 Å². The highest BCUT2D eigenvalue weighted by Gasteiger charge is 2.40. The number of carbonyl (C=O) groups is 1. The highest BCUT2D eigenvalue weighted by Crippen LogP contribution is 2.37. The van der Waals surface area contributed by atoms with E-state index in [1.165, 1.54) is 18.2 Å². The van der Waals surface area contributed by atoms with Crippen LogP contribution in [0.1, 0.15) is 61.2 Å². The van der Waals surface area contributed by atoms with Gasteiger partial charge in [-0.2, -0.15) is 4.98 Å². The third-order valence-corrected chi connectivity index (χ3v) is 4.47. The van der Waals surface area contributed by atoms with Crippen LogP contribution in [0.4, 0.5) is 4.39 Å². The van der Waals surface area contributed by atoms with Crippen LogP contribution >= 0.6 is 12.4 Å². The van der Waals surface area contributed by atoms with E-state index in [9.17, 15) is 9.18 Å². The van der Waals surface area contributed by atoms with E-state index in [1.54, 1.807) is 6.07 Å². The van der Waals surface area contributed by atoms with Gasteiger partial charge in [-0.25, -0.2) is 4.39 Å². The second kappa shape index (κ2) is 7.49. The second-order valence-electron chi connectivity index (χ2n) is 6.64. The van der Waals surface area contributed by atoms with Crippen LogP contribution in [0, 0.1) is 11.7 Å². The zero-order chi connectivity index (χ0) is 17.3. The molecule has 0 bridgehead atoms. The lowest BCUT2D eigenvalue weighted by Gasteiger charge is -2.34. The van der Waals surface area contributed by atoms with Crippen molar-refractivity contribution in [2.75, 3.05) is 0 Å². The number of benzene rings is 1. The summed E-state index contributed by atoms with van der Waals surface area (Å²) in [5.74, 6) is -0.336. The number of nitrogens with zero attached hydrogens (tertiary/aromatic N) is 2. The van der Waals surface area contributed by atoms with Crippen molar-refractivity contribution in [3.63, 3.8) is 0 Å². The van der Waals surface area contributed by atoms with Gasteiger partial charge in [0.1, 0.15) is 11.9 Å². The van der Waals surface area contributed by atoms with E-state index in [2.05, 4.69) is 15.5 Å². The molecular weight excluding hydrogens is 347 g/mol. The molecule has 3 N–H and O–H groups in total. The molecule has 0 spiro atoms. The molecule has 1 fully saturated rings. The predicted molar refractivity (Wildman–Crippen MR) is 92.7 cm³/mol. The van der Waals surface area contributed by atoms with Crippen molar-refractivity contribution in [2.24, 2.45) is 11.7 Å². The van der Waals surface area contributed by atoms with E-state index in [0.717, 1.165) is 19.3 Å². The third-order valence-electron chi connectivity index (χ3n) is 4.47. The molecule has 3 rings (SSSR count). The highest BCUT2D eigenvalue weighted by molar-refractivity contribution is 5.94. The molecule has 1 aromatic carbocycles. The largest absolute Gasteiger partial charge is 0.340 e. The van der Waals surface area contributed by atoms with Gasteiger partial charge in [-0.05, 0) is 37.3 Å². The van der Waals surface area contributed by atoms with Crippen molar-refractivity contribution in [1.82, 2.24) is 15.5 Å². The first-order valence-electron chi connectivity index (χ1n) is 8.09. The van der Waals surface area contributed by atoms with E-state index in [1.807, 2.05) is 13.8 Å². The number of nitrogens with one attached hydrogen (secondary N) is 1. The summed E-state index contributed by atoms with van der Waals surface area (Å²) in [7, 11) is 0. The smallest absolute Gasteiger partial charge is 0.254 e. The summed E-state index contributed by atoms with van der Waals surface area (Å²) in [5, 5.41) is 6.75. The lowest BCUT2D eigenvalue weighted by atomic mass is 9.77. The van der Waals surface area contributed by atoms with E-state index in [0.29, 0.717) is 11.7 Å². The average molecular weight is 369 g/mol. The quantitative estimate of drug-likeness (QED) is 0.845. The number of hydrogen-bond acceptors (Lipinski definition) is 5. The van der Waals surface area contributed by atoms with Crippen LogP contribution < -0.4 is 11.1 Å². The lowest BCUT2D eigenvalue weighted by Crippen LogP contribution is -2.44. The van der Waals surface area contributed by atoms with Gasteiger partial charge >= 0.3 is 0 Å². The maximum atomic E-state index is 13.8. The third kappa shape index (κ3) is 3.82. The zero-order valence-electron chi connectivity index (χ0n) is 14.2. The summed E-state index contributed by atoms with van der Waals surface area (Å²) in [6.45, 7) is 3.83. The van der Waals surface area contributed by atoms with Crippen LogP contribution in [0.15, 0.2) is 28.8 Å². The molecule has 0 aliphatic heterocycles. The minimum absolute atomic E-state index is 0. The Morgan fingerprint density at radius 3 is 2.60 bits per heavy atom. The Hall–Kier alpha value is -1.99. The molecule has 6 nitrogen and oxygen atoms in total. The van der Waals surface area contributed by atoms with Gasteiger partial charge in [0.2, 0.25) is 5.89 Å². The molecule has 1 saturated carbocycles. The summed E-state index contributed by atoms with van der Waals surface area (Å²) in [5.41, 5.74) is 5.66. The summed E-state index contributed by atoms with van der Waals surface area (Å²) in [4.78, 5) is 16.7. The standard InChI is InChI=1S/C17H21FN4O2.ClH/c1-10(2)13(20-14(23)11-6-3-4-7-12(11)18)15-21-16(22-24-15)17(19)8-5-9-17;/h3-4,6-7,10,13H,5,8-9,19H2,1-2H3,(H,20,23);1H. The molecule has 1 atom stereocenters. The summed E-state index contributed by atoms with van der Waals surface area (Å²) in [6, 6.07) is 5.32. The minimum atomic E-state index is -0.570. The Labute approximate surface area is 151 Å². The molecule has 1 aliphatic carbocycles. The monoisotopic (exact) mass is 368 g/mol. The van der Waals surface area contributed by atoms with Crippen LogP contribution in [-0.4, -0.2) is 16.0 Å². The molecule has 2 aromatic rings. The van der Waals surface area contributed by atoms with Crippen molar-refractivity contribution in [2.45, 2.75) is 44.7 Å². The van der Waals surface area contributed by atoms with Crippen molar-refractivity contribution in [3.05, 3.63) is 47.4 Å². The number of rotatable bonds is 5. The first kappa shape index (κ1) is 19.3. The Balaban J connectivity index is 0.00000225. The number of carbonyl (C=O) groups excluding carboxylic acids is 1. The molecule has 8 heteroatoms. The molecule has 1 heterocycles. The molecule has 25 heavy (non-hydrogen) atoms. The SMILES string of the molecule is CC(C)C(NC(=O)c1ccccc1F)c1nc(C2(N)CCC2)no1.Cl. The average Bonchev–Trinajstić information content (AvgIpc) is 3.00. The van der Waals surface area contributed by atoms with Crippen LogP contribution in [0.3, 0.4) is 0 Å². The van der Waals surface area contributed by atoms with Gasteiger partial charge in [-0.1, -0.05) is 31.1 Å². The fraction of sp³-hybridized carbons (Fsp3) is 0.471. The fourth-order valence-corrected chi connectivity index (χ4v) is 2.72. The van der Waals surface area contributed by atoms with Crippen molar-refractivity contribution in [3.8, 4) is 0 Å². The van der Waals surface area contributed by atoms with Crippen LogP contribution in [0.25, 0.3) is 0 Å². The van der Waals surface area contributed by atoms with Crippen LogP contribution in [0.5, 0.6) is 0 Å². The number of halogens is 2. The second-order valence-corrected chi connectivity index (χ2v) is 6.64. The summed E-state index contributed by atoms with van der Waals surface area (Å²) >= 11 is 0. The predicted octanol–water partition coefficient (Wildman–Crippen LogP) is 3.10. The molecule has 1 unspecified atom stereocenters. The van der Waals surface area contributed by atoms with Gasteiger partial charge in [0.25, 0.3) is 5.91 Å². The maximum absolute atomic E-state index is 13.8. The fourth-order valence-electron chi connectivity index (χ4n) is 2.72. The first-order chi connectivity index (χ1) is 11.4. The lowest BCUT2D eigenvalue weighted by molar-refractivity contribution is 0.0909. The van der Waals surface area contributed by atoms with E-state index >= 15 is 0 Å². The van der Waals surface area contributed by atoms with Crippen LogP contribution in [0.2, 0.25) is 0 Å². The first-order valence-corrected chi connectivity index (χ1v) is 8.09. The van der Waals surface area contributed by atoms with Gasteiger partial charge in [0.15, 0.2) is 5.82 Å². The maximum Gasteiger partial charge on any atom is 0.254 e. The van der Waals surface area contributed by atoms with Crippen LogP contribution in [-0.2, 0) is 5.54 Å². The molecule has 1 aromatic heterocycles. The summed E-state index contributed by atoms with van der Waals surface area (Å²) in [6.07, 6.45) is 2.68. The number of amides is 1. The number of hydrogen-bond donors (Lipinski definition) is 2. The summed E-state index contributed by atoms with van der Waals surface area (Å²) < 4.78 is 19.1. The minimum Gasteiger partial charge on any atom is -0.340 e. The van der Waals surface area contributed by atoms with Gasteiger partial charge < -0.3 is 15.6 Å². The van der Waals surface area contributed by atoms with E-state index < -0.39 is 23.3 Å². The number of nitrogens with two attached hydrogens (primary N) is 1. The molecular formula is C17H22ClFN4O2. The normalized spacial score (nSPS) is 16.7. The van der Waals surface area contributed by atoms with Crippen molar-refractivity contribution in [1.29, 1.82) is 0 Å². The molecule has 1 aliphatic rings. The van der Waals surface area contributed by atoms with Crippen molar-refractivity contribution >= 4 is 18.3 Å². The zero-order valence-corrected chi connectivity index (χ0v) is 15.0.